The number of furan rings is 1. The molecular formula is C16H19F2NO2. The standard InChI is InChI=1S/C16H19F2NO2/c1-11(2)7-19-8-12-6-13(20-9-12)10-21-15-5-3-4-14(17)16(15)18/h3-6,9,11,19H,7-8,10H2,1-2H3. The van der Waals surface area contributed by atoms with E-state index in [0.717, 1.165) is 18.2 Å². The van der Waals surface area contributed by atoms with Gasteiger partial charge in [0.15, 0.2) is 11.6 Å². The van der Waals surface area contributed by atoms with Crippen LogP contribution in [0.25, 0.3) is 0 Å². The van der Waals surface area contributed by atoms with Gasteiger partial charge in [-0.05, 0) is 30.7 Å². The molecule has 0 amide bonds. The second kappa shape index (κ2) is 7.22. The fraction of sp³-hybridized carbons (Fsp3) is 0.375. The van der Waals surface area contributed by atoms with E-state index in [0.29, 0.717) is 18.2 Å². The Balaban J connectivity index is 1.86. The van der Waals surface area contributed by atoms with Gasteiger partial charge in [0.05, 0.1) is 6.26 Å². The molecular weight excluding hydrogens is 276 g/mol. The van der Waals surface area contributed by atoms with Crippen molar-refractivity contribution in [3.8, 4) is 5.75 Å². The van der Waals surface area contributed by atoms with Gasteiger partial charge in [0.1, 0.15) is 12.4 Å². The highest BCUT2D eigenvalue weighted by Crippen LogP contribution is 2.20. The number of rotatable bonds is 7. The minimum atomic E-state index is -0.983. The second-order valence-corrected chi connectivity index (χ2v) is 5.29. The third-order valence-electron chi connectivity index (χ3n) is 2.88. The molecule has 5 heteroatoms. The molecule has 2 aromatic rings. The topological polar surface area (TPSA) is 34.4 Å². The lowest BCUT2D eigenvalue weighted by molar-refractivity contribution is 0.255. The molecule has 21 heavy (non-hydrogen) atoms. The van der Waals surface area contributed by atoms with Crippen molar-refractivity contribution >= 4 is 0 Å². The average Bonchev–Trinajstić information content (AvgIpc) is 2.88. The minimum absolute atomic E-state index is 0.0601. The SMILES string of the molecule is CC(C)CNCc1coc(COc2cccc(F)c2F)c1. The van der Waals surface area contributed by atoms with Crippen LogP contribution < -0.4 is 10.1 Å². The summed E-state index contributed by atoms with van der Waals surface area (Å²) in [5.41, 5.74) is 0.994. The summed E-state index contributed by atoms with van der Waals surface area (Å²) in [5, 5.41) is 3.29. The fourth-order valence-electron chi connectivity index (χ4n) is 1.84. The van der Waals surface area contributed by atoms with Gasteiger partial charge in [-0.1, -0.05) is 19.9 Å². The first-order valence-electron chi connectivity index (χ1n) is 6.90. The van der Waals surface area contributed by atoms with Crippen LogP contribution >= 0.6 is 0 Å². The zero-order valence-corrected chi connectivity index (χ0v) is 12.2. The Morgan fingerprint density at radius 2 is 2.10 bits per heavy atom. The Morgan fingerprint density at radius 1 is 1.29 bits per heavy atom. The van der Waals surface area contributed by atoms with Gasteiger partial charge >= 0.3 is 0 Å². The highest BCUT2D eigenvalue weighted by molar-refractivity contribution is 5.25. The maximum Gasteiger partial charge on any atom is 0.200 e. The molecule has 0 unspecified atom stereocenters. The van der Waals surface area contributed by atoms with Gasteiger partial charge in [-0.3, -0.25) is 0 Å². The predicted octanol–water partition coefficient (Wildman–Crippen LogP) is 3.88. The van der Waals surface area contributed by atoms with E-state index in [1.165, 1.54) is 12.1 Å². The zero-order chi connectivity index (χ0) is 15.2. The quantitative estimate of drug-likeness (QED) is 0.841. The van der Waals surface area contributed by atoms with E-state index in [4.69, 9.17) is 9.15 Å². The molecule has 0 aliphatic heterocycles. The molecule has 0 saturated heterocycles. The lowest BCUT2D eigenvalue weighted by Gasteiger charge is -2.05. The lowest BCUT2D eigenvalue weighted by Crippen LogP contribution is -2.18. The molecule has 0 aliphatic rings. The van der Waals surface area contributed by atoms with Crippen LogP contribution in [0.2, 0.25) is 0 Å². The first-order chi connectivity index (χ1) is 10.1. The summed E-state index contributed by atoms with van der Waals surface area (Å²) in [7, 11) is 0. The van der Waals surface area contributed by atoms with Crippen molar-refractivity contribution in [1.29, 1.82) is 0 Å². The van der Waals surface area contributed by atoms with Crippen LogP contribution in [0, 0.1) is 17.6 Å². The number of halogens is 2. The number of hydrogen-bond acceptors (Lipinski definition) is 3. The number of benzene rings is 1. The monoisotopic (exact) mass is 295 g/mol. The molecule has 3 nitrogen and oxygen atoms in total. The average molecular weight is 295 g/mol. The molecule has 0 spiro atoms. The van der Waals surface area contributed by atoms with Crippen molar-refractivity contribution in [1.82, 2.24) is 5.32 Å². The number of nitrogens with one attached hydrogen (secondary N) is 1. The molecule has 0 fully saturated rings. The van der Waals surface area contributed by atoms with E-state index < -0.39 is 11.6 Å². The molecule has 0 radical (unpaired) electrons. The van der Waals surface area contributed by atoms with Gasteiger partial charge in [0.2, 0.25) is 5.82 Å². The van der Waals surface area contributed by atoms with E-state index in [9.17, 15) is 8.78 Å². The van der Waals surface area contributed by atoms with Crippen LogP contribution in [0.4, 0.5) is 8.78 Å². The van der Waals surface area contributed by atoms with Crippen molar-refractivity contribution in [2.45, 2.75) is 27.0 Å². The van der Waals surface area contributed by atoms with Crippen LogP contribution in [-0.2, 0) is 13.2 Å². The first-order valence-corrected chi connectivity index (χ1v) is 6.90. The summed E-state index contributed by atoms with van der Waals surface area (Å²) in [5.74, 6) is -0.880. The summed E-state index contributed by atoms with van der Waals surface area (Å²) in [4.78, 5) is 0. The maximum atomic E-state index is 13.4. The molecule has 0 saturated carbocycles. The molecule has 0 atom stereocenters. The first kappa shape index (κ1) is 15.5. The summed E-state index contributed by atoms with van der Waals surface area (Å²) >= 11 is 0. The largest absolute Gasteiger partial charge is 0.482 e. The summed E-state index contributed by atoms with van der Waals surface area (Å²) in [6.45, 7) is 5.95. The van der Waals surface area contributed by atoms with Gasteiger partial charge in [-0.15, -0.1) is 0 Å². The highest BCUT2D eigenvalue weighted by atomic mass is 19.2. The van der Waals surface area contributed by atoms with E-state index >= 15 is 0 Å². The van der Waals surface area contributed by atoms with E-state index in [-0.39, 0.29) is 12.4 Å². The maximum absolute atomic E-state index is 13.4. The third kappa shape index (κ3) is 4.56. The molecule has 2 rings (SSSR count). The molecule has 114 valence electrons. The van der Waals surface area contributed by atoms with Crippen LogP contribution in [0.5, 0.6) is 5.75 Å². The normalized spacial score (nSPS) is 11.1. The Hall–Kier alpha value is -1.88. The van der Waals surface area contributed by atoms with E-state index in [1.54, 1.807) is 6.26 Å². The smallest absolute Gasteiger partial charge is 0.200 e. The van der Waals surface area contributed by atoms with Crippen molar-refractivity contribution in [3.05, 3.63) is 53.5 Å². The Labute approximate surface area is 122 Å². The van der Waals surface area contributed by atoms with Crippen molar-refractivity contribution in [2.24, 2.45) is 5.92 Å². The summed E-state index contributed by atoms with van der Waals surface area (Å²) in [6.07, 6.45) is 1.63. The fourth-order valence-corrected chi connectivity index (χ4v) is 1.84. The molecule has 1 N–H and O–H groups in total. The van der Waals surface area contributed by atoms with E-state index in [2.05, 4.69) is 19.2 Å². The lowest BCUT2D eigenvalue weighted by atomic mass is 10.2. The van der Waals surface area contributed by atoms with Crippen molar-refractivity contribution < 1.29 is 17.9 Å². The highest BCUT2D eigenvalue weighted by Gasteiger charge is 2.10. The zero-order valence-electron chi connectivity index (χ0n) is 12.2. The molecule has 0 aliphatic carbocycles. The molecule has 1 aromatic heterocycles. The van der Waals surface area contributed by atoms with Gasteiger partial charge in [0, 0.05) is 12.1 Å². The minimum Gasteiger partial charge on any atom is -0.482 e. The van der Waals surface area contributed by atoms with Gasteiger partial charge in [-0.25, -0.2) is 4.39 Å². The number of ether oxygens (including phenoxy) is 1. The molecule has 1 heterocycles. The molecule has 1 aromatic carbocycles. The Kier molecular flexibility index (Phi) is 5.33. The van der Waals surface area contributed by atoms with Crippen LogP contribution in [0.3, 0.4) is 0 Å². The van der Waals surface area contributed by atoms with Crippen LogP contribution in [-0.4, -0.2) is 6.54 Å². The van der Waals surface area contributed by atoms with Crippen LogP contribution in [0.15, 0.2) is 34.9 Å². The van der Waals surface area contributed by atoms with Gasteiger partial charge in [-0.2, -0.15) is 4.39 Å². The summed E-state index contributed by atoms with van der Waals surface area (Å²) in [6, 6.07) is 5.67. The van der Waals surface area contributed by atoms with Crippen molar-refractivity contribution in [2.75, 3.05) is 6.54 Å². The summed E-state index contributed by atoms with van der Waals surface area (Å²) < 4.78 is 37.0. The Bertz CT molecular complexity index is 581. The van der Waals surface area contributed by atoms with Gasteiger partial charge in [0.25, 0.3) is 0 Å². The Morgan fingerprint density at radius 3 is 2.86 bits per heavy atom. The predicted molar refractivity (Wildman–Crippen MR) is 75.9 cm³/mol. The third-order valence-corrected chi connectivity index (χ3v) is 2.88. The van der Waals surface area contributed by atoms with Crippen molar-refractivity contribution in [3.63, 3.8) is 0 Å². The van der Waals surface area contributed by atoms with Gasteiger partial charge < -0.3 is 14.5 Å². The second-order valence-electron chi connectivity index (χ2n) is 5.29. The van der Waals surface area contributed by atoms with E-state index in [1.807, 2.05) is 6.07 Å². The number of hydrogen-bond donors (Lipinski definition) is 1. The van der Waals surface area contributed by atoms with Crippen LogP contribution in [0.1, 0.15) is 25.2 Å². The molecule has 0 bridgehead atoms.